The number of thioether (sulfide) groups is 1. The Morgan fingerprint density at radius 1 is 1.32 bits per heavy atom. The number of carbonyl (C=O) groups is 1. The van der Waals surface area contributed by atoms with Crippen molar-refractivity contribution < 1.29 is 13.9 Å². The van der Waals surface area contributed by atoms with Crippen LogP contribution in [0.15, 0.2) is 52.4 Å². The molecule has 0 aliphatic heterocycles. The molecule has 8 heteroatoms. The van der Waals surface area contributed by atoms with Crippen molar-refractivity contribution in [1.82, 2.24) is 9.66 Å². The van der Waals surface area contributed by atoms with Gasteiger partial charge in [0.1, 0.15) is 5.82 Å². The quantitative estimate of drug-likeness (QED) is 0.333. The molecule has 0 spiro atoms. The summed E-state index contributed by atoms with van der Waals surface area (Å²) in [5.74, 6) is 5.21. The highest BCUT2D eigenvalue weighted by atomic mass is 32.2. The zero-order valence-corrected chi connectivity index (χ0v) is 14.0. The lowest BCUT2D eigenvalue weighted by molar-refractivity contribution is 0.0601. The summed E-state index contributed by atoms with van der Waals surface area (Å²) in [5.41, 5.74) is 0.634. The minimum absolute atomic E-state index is 0.225. The summed E-state index contributed by atoms with van der Waals surface area (Å²) in [6, 6.07) is 10.8. The van der Waals surface area contributed by atoms with E-state index in [1.54, 1.807) is 18.2 Å². The molecule has 2 N–H and O–H groups in total. The van der Waals surface area contributed by atoms with E-state index in [1.165, 1.54) is 31.4 Å². The van der Waals surface area contributed by atoms with Gasteiger partial charge >= 0.3 is 5.97 Å². The van der Waals surface area contributed by atoms with Crippen LogP contribution in [0.2, 0.25) is 0 Å². The topological polar surface area (TPSA) is 87.2 Å². The van der Waals surface area contributed by atoms with Crippen LogP contribution >= 0.6 is 11.8 Å². The highest BCUT2D eigenvalue weighted by molar-refractivity contribution is 7.98. The summed E-state index contributed by atoms with van der Waals surface area (Å²) in [4.78, 5) is 28.3. The summed E-state index contributed by atoms with van der Waals surface area (Å²) in [5, 5.41) is 0.508. The summed E-state index contributed by atoms with van der Waals surface area (Å²) in [6.07, 6.45) is 0. The Balaban J connectivity index is 2.00. The van der Waals surface area contributed by atoms with Crippen LogP contribution in [0.5, 0.6) is 0 Å². The third kappa shape index (κ3) is 3.34. The molecule has 0 amide bonds. The van der Waals surface area contributed by atoms with Crippen LogP contribution in [0.3, 0.4) is 0 Å². The molecule has 0 atom stereocenters. The molecule has 0 aliphatic carbocycles. The van der Waals surface area contributed by atoms with Crippen LogP contribution < -0.4 is 11.4 Å². The second kappa shape index (κ2) is 6.94. The number of esters is 1. The van der Waals surface area contributed by atoms with E-state index in [9.17, 15) is 14.0 Å². The zero-order chi connectivity index (χ0) is 18.0. The summed E-state index contributed by atoms with van der Waals surface area (Å²) in [7, 11) is 1.27. The molecular weight excluding hydrogens is 345 g/mol. The maximum absolute atomic E-state index is 13.7. The van der Waals surface area contributed by atoms with Crippen molar-refractivity contribution in [3.8, 4) is 0 Å². The number of benzene rings is 2. The molecule has 3 rings (SSSR count). The van der Waals surface area contributed by atoms with Crippen LogP contribution in [0.25, 0.3) is 10.9 Å². The Kier molecular flexibility index (Phi) is 4.71. The summed E-state index contributed by atoms with van der Waals surface area (Å²) in [6.45, 7) is 0. The number of hydrogen-bond acceptors (Lipinski definition) is 6. The Bertz CT molecular complexity index is 1020. The highest BCUT2D eigenvalue weighted by Crippen LogP contribution is 2.23. The number of hydrogen-bond donors (Lipinski definition) is 1. The smallest absolute Gasteiger partial charge is 0.337 e. The molecule has 0 fully saturated rings. The molecular formula is C17H14FN3O3S. The number of nitrogen functional groups attached to an aromatic ring is 1. The van der Waals surface area contributed by atoms with Gasteiger partial charge in [-0.1, -0.05) is 30.0 Å². The van der Waals surface area contributed by atoms with Crippen LogP contribution in [-0.2, 0) is 10.5 Å². The van der Waals surface area contributed by atoms with Gasteiger partial charge in [0.2, 0.25) is 0 Å². The fourth-order valence-corrected chi connectivity index (χ4v) is 3.19. The third-order valence-electron chi connectivity index (χ3n) is 3.60. The van der Waals surface area contributed by atoms with Crippen molar-refractivity contribution in [2.24, 2.45) is 0 Å². The van der Waals surface area contributed by atoms with E-state index in [4.69, 9.17) is 5.84 Å². The second-order valence-corrected chi connectivity index (χ2v) is 6.12. The molecule has 1 heterocycles. The molecule has 128 valence electrons. The maximum Gasteiger partial charge on any atom is 0.337 e. The largest absolute Gasteiger partial charge is 0.465 e. The summed E-state index contributed by atoms with van der Waals surface area (Å²) >= 11 is 1.13. The van der Waals surface area contributed by atoms with Crippen molar-refractivity contribution in [3.05, 3.63) is 69.8 Å². The minimum Gasteiger partial charge on any atom is -0.465 e. The monoisotopic (exact) mass is 359 g/mol. The lowest BCUT2D eigenvalue weighted by Crippen LogP contribution is -2.29. The number of aromatic nitrogens is 2. The van der Waals surface area contributed by atoms with Crippen molar-refractivity contribution in [2.75, 3.05) is 13.0 Å². The molecule has 2 aromatic carbocycles. The molecule has 0 aliphatic rings. The van der Waals surface area contributed by atoms with Gasteiger partial charge in [-0.2, -0.15) is 0 Å². The predicted molar refractivity (Wildman–Crippen MR) is 93.5 cm³/mol. The third-order valence-corrected chi connectivity index (χ3v) is 4.61. The minimum atomic E-state index is -0.527. The lowest BCUT2D eigenvalue weighted by atomic mass is 10.1. The SMILES string of the molecule is COC(=O)c1ccc2c(=O)n(N)c(SCc3ccccc3F)nc2c1. The van der Waals surface area contributed by atoms with Gasteiger partial charge in [-0.3, -0.25) is 4.79 Å². The Morgan fingerprint density at radius 3 is 2.80 bits per heavy atom. The summed E-state index contributed by atoms with van der Waals surface area (Å²) < 4.78 is 19.3. The maximum atomic E-state index is 13.7. The van der Waals surface area contributed by atoms with Gasteiger partial charge in [0.15, 0.2) is 5.16 Å². The van der Waals surface area contributed by atoms with E-state index in [0.29, 0.717) is 11.1 Å². The van der Waals surface area contributed by atoms with E-state index in [0.717, 1.165) is 16.4 Å². The molecule has 0 bridgehead atoms. The predicted octanol–water partition coefficient (Wildman–Crippen LogP) is 2.33. The number of halogens is 1. The number of rotatable bonds is 4. The number of ether oxygens (including phenoxy) is 1. The van der Waals surface area contributed by atoms with Gasteiger partial charge in [-0.25, -0.2) is 18.8 Å². The van der Waals surface area contributed by atoms with Crippen molar-refractivity contribution >= 4 is 28.6 Å². The van der Waals surface area contributed by atoms with Gasteiger partial charge in [-0.05, 0) is 29.8 Å². The highest BCUT2D eigenvalue weighted by Gasteiger charge is 2.13. The second-order valence-electron chi connectivity index (χ2n) is 5.17. The molecule has 0 unspecified atom stereocenters. The van der Waals surface area contributed by atoms with Crippen LogP contribution in [0.1, 0.15) is 15.9 Å². The lowest BCUT2D eigenvalue weighted by Gasteiger charge is -2.09. The fourth-order valence-electron chi connectivity index (χ4n) is 2.28. The molecule has 0 saturated carbocycles. The normalized spacial score (nSPS) is 10.8. The van der Waals surface area contributed by atoms with Gasteiger partial charge in [0, 0.05) is 5.75 Å². The molecule has 6 nitrogen and oxygen atoms in total. The molecule has 0 saturated heterocycles. The van der Waals surface area contributed by atoms with Crippen molar-refractivity contribution in [3.63, 3.8) is 0 Å². The average Bonchev–Trinajstić information content (AvgIpc) is 2.63. The van der Waals surface area contributed by atoms with Gasteiger partial charge < -0.3 is 10.6 Å². The fraction of sp³-hybridized carbons (Fsp3) is 0.118. The molecule has 1 aromatic heterocycles. The van der Waals surface area contributed by atoms with E-state index >= 15 is 0 Å². The number of carbonyl (C=O) groups excluding carboxylic acids is 1. The van der Waals surface area contributed by atoms with Gasteiger partial charge in [-0.15, -0.1) is 0 Å². The number of nitrogens with zero attached hydrogens (tertiary/aromatic N) is 2. The first kappa shape index (κ1) is 17.0. The average molecular weight is 359 g/mol. The van der Waals surface area contributed by atoms with E-state index < -0.39 is 11.5 Å². The van der Waals surface area contributed by atoms with Crippen molar-refractivity contribution in [1.29, 1.82) is 0 Å². The first-order valence-corrected chi connectivity index (χ1v) is 8.26. The number of methoxy groups -OCH3 is 1. The first-order valence-electron chi connectivity index (χ1n) is 7.27. The van der Waals surface area contributed by atoms with Crippen LogP contribution in [-0.4, -0.2) is 22.7 Å². The van der Waals surface area contributed by atoms with E-state index in [1.807, 2.05) is 0 Å². The Labute approximate surface area is 146 Å². The van der Waals surface area contributed by atoms with Crippen molar-refractivity contribution in [2.45, 2.75) is 10.9 Å². The molecule has 25 heavy (non-hydrogen) atoms. The van der Waals surface area contributed by atoms with Crippen LogP contribution in [0, 0.1) is 5.82 Å². The van der Waals surface area contributed by atoms with E-state index in [2.05, 4.69) is 9.72 Å². The first-order chi connectivity index (χ1) is 12.0. The van der Waals surface area contributed by atoms with E-state index in [-0.39, 0.29) is 27.7 Å². The standard InChI is InChI=1S/C17H14FN3O3S/c1-24-16(23)10-6-7-12-14(8-10)20-17(21(19)15(12)22)25-9-11-4-2-3-5-13(11)18/h2-8H,9,19H2,1H3. The van der Waals surface area contributed by atoms with Crippen LogP contribution in [0.4, 0.5) is 4.39 Å². The number of nitrogens with two attached hydrogens (primary N) is 1. The Morgan fingerprint density at radius 2 is 2.08 bits per heavy atom. The number of fused-ring (bicyclic) bond motifs is 1. The molecule has 0 radical (unpaired) electrons. The Hall–Kier alpha value is -2.87. The zero-order valence-electron chi connectivity index (χ0n) is 13.2. The molecule has 3 aromatic rings. The van der Waals surface area contributed by atoms with Gasteiger partial charge in [0.25, 0.3) is 5.56 Å². The van der Waals surface area contributed by atoms with Gasteiger partial charge in [0.05, 0.1) is 23.6 Å².